The van der Waals surface area contributed by atoms with E-state index in [1.54, 1.807) is 0 Å². The highest BCUT2D eigenvalue weighted by atomic mass is 16.5. The van der Waals surface area contributed by atoms with Gasteiger partial charge < -0.3 is 15.0 Å². The standard InChI is InChI=1S/C17H22N4O3/c1-11-10-24-12(2)9-21(11)15(22)7-8-18-17(23)16-13-5-3-4-6-14(13)19-20-16/h3-6,11-12H,7-10H2,1-2H3,(H,18,23)(H,19,20)/t11-,12-/m1/s1. The summed E-state index contributed by atoms with van der Waals surface area (Å²) in [7, 11) is 0. The number of H-pyrrole nitrogens is 1. The molecule has 0 radical (unpaired) electrons. The molecule has 1 aromatic heterocycles. The summed E-state index contributed by atoms with van der Waals surface area (Å²) in [6, 6.07) is 7.52. The van der Waals surface area contributed by atoms with Crippen molar-refractivity contribution in [3.05, 3.63) is 30.0 Å². The number of rotatable bonds is 4. The third-order valence-electron chi connectivity index (χ3n) is 4.24. The zero-order valence-corrected chi connectivity index (χ0v) is 13.9. The van der Waals surface area contributed by atoms with Crippen molar-refractivity contribution < 1.29 is 14.3 Å². The molecule has 1 aliphatic rings. The maximum atomic E-state index is 12.3. The molecule has 0 aliphatic carbocycles. The van der Waals surface area contributed by atoms with Gasteiger partial charge in [0.2, 0.25) is 5.91 Å². The molecule has 2 amide bonds. The van der Waals surface area contributed by atoms with Crippen LogP contribution in [0.25, 0.3) is 10.9 Å². The van der Waals surface area contributed by atoms with Crippen molar-refractivity contribution >= 4 is 22.7 Å². The van der Waals surface area contributed by atoms with Crippen molar-refractivity contribution in [2.75, 3.05) is 19.7 Å². The van der Waals surface area contributed by atoms with Crippen LogP contribution in [-0.4, -0.2) is 58.8 Å². The SMILES string of the molecule is C[C@@H]1CN(C(=O)CCNC(=O)c2n[nH]c3ccccc23)[C@H](C)CO1. The topological polar surface area (TPSA) is 87.3 Å². The monoisotopic (exact) mass is 330 g/mol. The number of para-hydroxylation sites is 1. The molecule has 2 atom stereocenters. The number of hydrogen-bond acceptors (Lipinski definition) is 4. The van der Waals surface area contributed by atoms with E-state index in [0.29, 0.717) is 18.8 Å². The summed E-state index contributed by atoms with van der Waals surface area (Å²) in [5.74, 6) is -0.242. The van der Waals surface area contributed by atoms with Crippen molar-refractivity contribution in [3.8, 4) is 0 Å². The summed E-state index contributed by atoms with van der Waals surface area (Å²) in [6.45, 7) is 5.36. The molecule has 7 heteroatoms. The van der Waals surface area contributed by atoms with E-state index < -0.39 is 0 Å². The minimum atomic E-state index is -0.274. The van der Waals surface area contributed by atoms with Crippen LogP contribution in [0.15, 0.2) is 24.3 Å². The summed E-state index contributed by atoms with van der Waals surface area (Å²) in [4.78, 5) is 26.4. The van der Waals surface area contributed by atoms with E-state index in [1.807, 2.05) is 43.0 Å². The van der Waals surface area contributed by atoms with E-state index in [2.05, 4.69) is 15.5 Å². The number of morpholine rings is 1. The number of carbonyl (C=O) groups is 2. The van der Waals surface area contributed by atoms with E-state index in [9.17, 15) is 9.59 Å². The third kappa shape index (κ3) is 3.41. The van der Waals surface area contributed by atoms with Gasteiger partial charge in [0.05, 0.1) is 24.3 Å². The Balaban J connectivity index is 1.54. The van der Waals surface area contributed by atoms with Crippen molar-refractivity contribution in [2.24, 2.45) is 0 Å². The number of aromatic amines is 1. The number of nitrogens with one attached hydrogen (secondary N) is 2. The molecule has 1 aliphatic heterocycles. The summed E-state index contributed by atoms with van der Waals surface area (Å²) in [6.07, 6.45) is 0.320. The predicted molar refractivity (Wildman–Crippen MR) is 89.6 cm³/mol. The van der Waals surface area contributed by atoms with Gasteiger partial charge in [-0.15, -0.1) is 0 Å². The van der Waals surface area contributed by atoms with Crippen LogP contribution in [0.2, 0.25) is 0 Å². The van der Waals surface area contributed by atoms with E-state index in [-0.39, 0.29) is 36.9 Å². The second-order valence-corrected chi connectivity index (χ2v) is 6.16. The molecule has 7 nitrogen and oxygen atoms in total. The Bertz CT molecular complexity index is 742. The van der Waals surface area contributed by atoms with Crippen LogP contribution >= 0.6 is 0 Å². The highest BCUT2D eigenvalue weighted by molar-refractivity contribution is 6.04. The Labute approximate surface area is 140 Å². The number of amides is 2. The van der Waals surface area contributed by atoms with Gasteiger partial charge >= 0.3 is 0 Å². The molecule has 24 heavy (non-hydrogen) atoms. The van der Waals surface area contributed by atoms with Crippen LogP contribution in [0.5, 0.6) is 0 Å². The van der Waals surface area contributed by atoms with Gasteiger partial charge in [-0.3, -0.25) is 14.7 Å². The minimum absolute atomic E-state index is 0.0323. The first-order valence-corrected chi connectivity index (χ1v) is 8.18. The maximum Gasteiger partial charge on any atom is 0.272 e. The first-order valence-electron chi connectivity index (χ1n) is 8.18. The number of ether oxygens (including phenoxy) is 1. The zero-order valence-electron chi connectivity index (χ0n) is 13.9. The van der Waals surface area contributed by atoms with Gasteiger partial charge in [0, 0.05) is 24.9 Å². The Morgan fingerprint density at radius 3 is 3.00 bits per heavy atom. The molecule has 0 unspecified atom stereocenters. The fraction of sp³-hybridized carbons (Fsp3) is 0.471. The molecule has 1 fully saturated rings. The van der Waals surface area contributed by atoms with Crippen molar-refractivity contribution in [1.82, 2.24) is 20.4 Å². The van der Waals surface area contributed by atoms with Crippen molar-refractivity contribution in [3.63, 3.8) is 0 Å². The fourth-order valence-electron chi connectivity index (χ4n) is 2.90. The maximum absolute atomic E-state index is 12.3. The molecule has 2 aromatic rings. The zero-order chi connectivity index (χ0) is 17.1. The molecule has 0 bridgehead atoms. The summed E-state index contributed by atoms with van der Waals surface area (Å²) in [5, 5.41) is 10.4. The minimum Gasteiger partial charge on any atom is -0.375 e. The molecule has 2 heterocycles. The highest BCUT2D eigenvalue weighted by Gasteiger charge is 2.27. The molecule has 3 rings (SSSR count). The number of carbonyl (C=O) groups excluding carboxylic acids is 2. The second-order valence-electron chi connectivity index (χ2n) is 6.16. The van der Waals surface area contributed by atoms with Crippen LogP contribution in [0.1, 0.15) is 30.8 Å². The summed E-state index contributed by atoms with van der Waals surface area (Å²) < 4.78 is 5.53. The van der Waals surface area contributed by atoms with Gasteiger partial charge in [0.1, 0.15) is 0 Å². The first kappa shape index (κ1) is 16.4. The van der Waals surface area contributed by atoms with Crippen molar-refractivity contribution in [2.45, 2.75) is 32.4 Å². The normalized spacial score (nSPS) is 21.0. The van der Waals surface area contributed by atoms with Crippen LogP contribution < -0.4 is 5.32 Å². The van der Waals surface area contributed by atoms with Crippen LogP contribution in [-0.2, 0) is 9.53 Å². The smallest absolute Gasteiger partial charge is 0.272 e. The quantitative estimate of drug-likeness (QED) is 0.885. The molecule has 0 saturated carbocycles. The van der Waals surface area contributed by atoms with Gasteiger partial charge in [-0.25, -0.2) is 0 Å². The molecular weight excluding hydrogens is 308 g/mol. The lowest BCUT2D eigenvalue weighted by Gasteiger charge is -2.36. The Morgan fingerprint density at radius 2 is 2.17 bits per heavy atom. The molecule has 0 spiro atoms. The van der Waals surface area contributed by atoms with Gasteiger partial charge in [0.25, 0.3) is 5.91 Å². The number of hydrogen-bond donors (Lipinski definition) is 2. The molecule has 128 valence electrons. The lowest BCUT2D eigenvalue weighted by molar-refractivity contribution is -0.143. The van der Waals surface area contributed by atoms with Gasteiger partial charge in [-0.2, -0.15) is 5.10 Å². The van der Waals surface area contributed by atoms with Crippen LogP contribution in [0.3, 0.4) is 0 Å². The number of fused-ring (bicyclic) bond motifs is 1. The number of benzene rings is 1. The van der Waals surface area contributed by atoms with E-state index in [4.69, 9.17) is 4.74 Å². The Hall–Kier alpha value is -2.41. The third-order valence-corrected chi connectivity index (χ3v) is 4.24. The van der Waals surface area contributed by atoms with Gasteiger partial charge in [0.15, 0.2) is 5.69 Å². The van der Waals surface area contributed by atoms with Crippen molar-refractivity contribution in [1.29, 1.82) is 0 Å². The number of nitrogens with zero attached hydrogens (tertiary/aromatic N) is 2. The van der Waals surface area contributed by atoms with Gasteiger partial charge in [-0.1, -0.05) is 18.2 Å². The highest BCUT2D eigenvalue weighted by Crippen LogP contribution is 2.15. The Morgan fingerprint density at radius 1 is 1.38 bits per heavy atom. The largest absolute Gasteiger partial charge is 0.375 e. The summed E-state index contributed by atoms with van der Waals surface area (Å²) in [5.41, 5.74) is 1.17. The van der Waals surface area contributed by atoms with Gasteiger partial charge in [-0.05, 0) is 19.9 Å². The van der Waals surface area contributed by atoms with E-state index in [1.165, 1.54) is 0 Å². The second kappa shape index (κ2) is 7.00. The lowest BCUT2D eigenvalue weighted by Crippen LogP contribution is -2.50. The average molecular weight is 330 g/mol. The van der Waals surface area contributed by atoms with Crippen LogP contribution in [0.4, 0.5) is 0 Å². The summed E-state index contributed by atoms with van der Waals surface area (Å²) >= 11 is 0. The van der Waals surface area contributed by atoms with E-state index >= 15 is 0 Å². The number of aromatic nitrogens is 2. The fourth-order valence-corrected chi connectivity index (χ4v) is 2.90. The molecule has 1 saturated heterocycles. The van der Waals surface area contributed by atoms with Crippen LogP contribution in [0, 0.1) is 0 Å². The lowest BCUT2D eigenvalue weighted by atomic mass is 10.2. The first-order chi connectivity index (χ1) is 11.6. The van der Waals surface area contributed by atoms with E-state index in [0.717, 1.165) is 10.9 Å². The average Bonchev–Trinajstić information content (AvgIpc) is 3.01. The molecule has 2 N–H and O–H groups in total. The Kier molecular flexibility index (Phi) is 4.80. The predicted octanol–water partition coefficient (Wildman–Crippen LogP) is 1.32. The molecule has 1 aromatic carbocycles. The molecular formula is C17H22N4O3.